The molecule has 0 saturated carbocycles. The molecule has 2 aromatic heterocycles. The van der Waals surface area contributed by atoms with Crippen LogP contribution >= 0.6 is 11.8 Å². The average molecular weight is 435 g/mol. The fraction of sp³-hybridized carbons (Fsp3) is 0.333. The molecule has 0 radical (unpaired) electrons. The maximum atomic E-state index is 13.0. The predicted octanol–water partition coefficient (Wildman–Crippen LogP) is 4.74. The summed E-state index contributed by atoms with van der Waals surface area (Å²) in [6.07, 6.45) is 1.86. The molecule has 160 valence electrons. The van der Waals surface area contributed by atoms with Gasteiger partial charge in [-0.3, -0.25) is 18.6 Å². The van der Waals surface area contributed by atoms with Gasteiger partial charge in [-0.05, 0) is 50.5 Å². The Kier molecular flexibility index (Phi) is 5.96. The number of Topliss-reactive ketones (excluding diaryl/α,β-unsaturated/α-hetero) is 1. The van der Waals surface area contributed by atoms with Crippen molar-refractivity contribution in [3.63, 3.8) is 0 Å². The van der Waals surface area contributed by atoms with Crippen LogP contribution in [0.3, 0.4) is 0 Å². The lowest BCUT2D eigenvalue weighted by Crippen LogP contribution is -2.23. The van der Waals surface area contributed by atoms with Crippen molar-refractivity contribution in [2.24, 2.45) is 0 Å². The van der Waals surface area contributed by atoms with E-state index in [1.165, 1.54) is 11.8 Å². The Morgan fingerprint density at radius 3 is 2.48 bits per heavy atom. The quantitative estimate of drug-likeness (QED) is 0.310. The smallest absolute Gasteiger partial charge is 0.262 e. The second-order valence-electron chi connectivity index (χ2n) is 7.93. The van der Waals surface area contributed by atoms with E-state index in [1.54, 1.807) is 4.57 Å². The molecule has 0 fully saturated rings. The van der Waals surface area contributed by atoms with Crippen molar-refractivity contribution in [3.05, 3.63) is 69.0 Å². The van der Waals surface area contributed by atoms with E-state index in [0.717, 1.165) is 40.6 Å². The van der Waals surface area contributed by atoms with Crippen molar-refractivity contribution in [1.82, 2.24) is 19.2 Å². The molecule has 2 heterocycles. The van der Waals surface area contributed by atoms with E-state index in [2.05, 4.69) is 17.1 Å². The second kappa shape index (κ2) is 8.67. The number of rotatable bonds is 7. The first-order valence-electron chi connectivity index (χ1n) is 10.5. The van der Waals surface area contributed by atoms with Gasteiger partial charge in [0.25, 0.3) is 5.56 Å². The molecule has 0 aliphatic rings. The van der Waals surface area contributed by atoms with E-state index in [-0.39, 0.29) is 17.1 Å². The molecule has 0 spiro atoms. The first-order valence-corrected chi connectivity index (χ1v) is 11.5. The summed E-state index contributed by atoms with van der Waals surface area (Å²) in [5, 5.41) is 9.91. The van der Waals surface area contributed by atoms with E-state index in [4.69, 9.17) is 0 Å². The molecule has 0 amide bonds. The van der Waals surface area contributed by atoms with E-state index in [0.29, 0.717) is 22.9 Å². The van der Waals surface area contributed by atoms with Gasteiger partial charge in [0.15, 0.2) is 10.9 Å². The fourth-order valence-electron chi connectivity index (χ4n) is 4.17. The standard InChI is InChI=1S/C24H26N4O2S/c1-5-6-11-27-22(30)18-9-7-8-10-19(18)28-23(27)25-26-24(28)31-14-20(29)21-16(3)12-15(2)13-17(21)4/h7-10,12-13H,5-6,11,14H2,1-4H3. The number of ketones is 1. The molecular formula is C24H26N4O2S. The largest absolute Gasteiger partial charge is 0.293 e. The number of para-hydroxylation sites is 1. The minimum atomic E-state index is -0.0533. The highest BCUT2D eigenvalue weighted by atomic mass is 32.2. The number of carbonyl (C=O) groups excluding carboxylic acids is 1. The lowest BCUT2D eigenvalue weighted by molar-refractivity contribution is 0.102. The number of fused-ring (bicyclic) bond motifs is 3. The van der Waals surface area contributed by atoms with Crippen LogP contribution in [0.1, 0.15) is 46.8 Å². The molecule has 0 N–H and O–H groups in total. The first kappa shape index (κ1) is 21.3. The molecule has 31 heavy (non-hydrogen) atoms. The van der Waals surface area contributed by atoms with Crippen LogP contribution in [-0.4, -0.2) is 30.7 Å². The third-order valence-corrected chi connectivity index (χ3v) is 6.43. The average Bonchev–Trinajstić information content (AvgIpc) is 3.15. The molecule has 0 aliphatic carbocycles. The summed E-state index contributed by atoms with van der Waals surface area (Å²) in [4.78, 5) is 26.1. The Balaban J connectivity index is 1.75. The van der Waals surface area contributed by atoms with Crippen molar-refractivity contribution in [1.29, 1.82) is 0 Å². The lowest BCUT2D eigenvalue weighted by atomic mass is 9.97. The highest BCUT2D eigenvalue weighted by Crippen LogP contribution is 2.24. The molecule has 0 bridgehead atoms. The summed E-state index contributed by atoms with van der Waals surface area (Å²) >= 11 is 1.36. The van der Waals surface area contributed by atoms with Crippen molar-refractivity contribution in [3.8, 4) is 0 Å². The summed E-state index contributed by atoms with van der Waals surface area (Å²) in [5.41, 5.74) is 4.62. The van der Waals surface area contributed by atoms with Gasteiger partial charge >= 0.3 is 0 Å². The van der Waals surface area contributed by atoms with Gasteiger partial charge in [0.1, 0.15) is 0 Å². The van der Waals surface area contributed by atoms with Gasteiger partial charge in [0.05, 0.1) is 16.7 Å². The zero-order chi connectivity index (χ0) is 22.1. The number of unbranched alkanes of at least 4 members (excludes halogenated alkanes) is 1. The van der Waals surface area contributed by atoms with Gasteiger partial charge in [-0.1, -0.05) is 54.9 Å². The Morgan fingerprint density at radius 2 is 1.77 bits per heavy atom. The van der Waals surface area contributed by atoms with Crippen LogP contribution in [0.2, 0.25) is 0 Å². The normalized spacial score (nSPS) is 11.5. The molecule has 0 unspecified atom stereocenters. The molecular weight excluding hydrogens is 408 g/mol. The molecule has 0 saturated heterocycles. The predicted molar refractivity (Wildman–Crippen MR) is 125 cm³/mol. The maximum absolute atomic E-state index is 13.0. The summed E-state index contributed by atoms with van der Waals surface area (Å²) in [5.74, 6) is 0.851. The highest BCUT2D eigenvalue weighted by molar-refractivity contribution is 7.99. The molecule has 4 aromatic rings. The number of carbonyl (C=O) groups is 1. The summed E-state index contributed by atoms with van der Waals surface area (Å²) in [6.45, 7) is 8.67. The lowest BCUT2D eigenvalue weighted by Gasteiger charge is -2.11. The maximum Gasteiger partial charge on any atom is 0.262 e. The number of aryl methyl sites for hydroxylation is 4. The number of hydrogen-bond donors (Lipinski definition) is 0. The summed E-state index contributed by atoms with van der Waals surface area (Å²) in [7, 11) is 0. The minimum Gasteiger partial charge on any atom is -0.293 e. The Bertz CT molecular complexity index is 1330. The fourth-order valence-corrected chi connectivity index (χ4v) is 4.98. The molecule has 4 rings (SSSR count). The van der Waals surface area contributed by atoms with E-state index >= 15 is 0 Å². The number of aromatic nitrogens is 4. The van der Waals surface area contributed by atoms with Crippen molar-refractivity contribution < 1.29 is 4.79 Å². The Hall–Kier alpha value is -2.93. The van der Waals surface area contributed by atoms with E-state index in [9.17, 15) is 9.59 Å². The number of nitrogens with zero attached hydrogens (tertiary/aromatic N) is 4. The van der Waals surface area contributed by atoms with E-state index < -0.39 is 0 Å². The van der Waals surface area contributed by atoms with Crippen LogP contribution in [0.5, 0.6) is 0 Å². The van der Waals surface area contributed by atoms with Crippen LogP contribution in [-0.2, 0) is 6.54 Å². The Morgan fingerprint density at radius 1 is 1.06 bits per heavy atom. The van der Waals surface area contributed by atoms with Crippen LogP contribution in [0.4, 0.5) is 0 Å². The summed E-state index contributed by atoms with van der Waals surface area (Å²) < 4.78 is 3.60. The molecule has 2 aromatic carbocycles. The topological polar surface area (TPSA) is 69.3 Å². The van der Waals surface area contributed by atoms with Gasteiger partial charge in [-0.25, -0.2) is 0 Å². The zero-order valence-corrected chi connectivity index (χ0v) is 19.1. The van der Waals surface area contributed by atoms with Gasteiger partial charge < -0.3 is 0 Å². The van der Waals surface area contributed by atoms with Crippen molar-refractivity contribution >= 4 is 34.2 Å². The van der Waals surface area contributed by atoms with Crippen LogP contribution in [0.15, 0.2) is 46.3 Å². The van der Waals surface area contributed by atoms with Crippen LogP contribution < -0.4 is 5.56 Å². The van der Waals surface area contributed by atoms with Crippen molar-refractivity contribution in [2.45, 2.75) is 52.2 Å². The molecule has 7 heteroatoms. The number of thioether (sulfide) groups is 1. The molecule has 0 atom stereocenters. The van der Waals surface area contributed by atoms with E-state index in [1.807, 2.05) is 61.6 Å². The third kappa shape index (κ3) is 3.90. The third-order valence-electron chi connectivity index (χ3n) is 5.50. The molecule has 0 aliphatic heterocycles. The van der Waals surface area contributed by atoms with Gasteiger partial charge in [-0.15, -0.1) is 10.2 Å². The molecule has 6 nitrogen and oxygen atoms in total. The SMILES string of the molecule is CCCCn1c(=O)c2ccccc2n2c(SCC(=O)c3c(C)cc(C)cc3C)nnc12. The van der Waals surface area contributed by atoms with Gasteiger partial charge in [0.2, 0.25) is 5.78 Å². The second-order valence-corrected chi connectivity index (χ2v) is 8.87. The first-order chi connectivity index (χ1) is 14.9. The minimum absolute atomic E-state index is 0.0533. The number of benzene rings is 2. The van der Waals surface area contributed by atoms with Gasteiger partial charge in [-0.2, -0.15) is 0 Å². The summed E-state index contributed by atoms with van der Waals surface area (Å²) in [6, 6.07) is 11.6. The number of hydrogen-bond acceptors (Lipinski definition) is 5. The van der Waals surface area contributed by atoms with Crippen LogP contribution in [0.25, 0.3) is 16.7 Å². The Labute approximate surface area is 185 Å². The van der Waals surface area contributed by atoms with Crippen LogP contribution in [0, 0.1) is 20.8 Å². The zero-order valence-electron chi connectivity index (χ0n) is 18.3. The monoisotopic (exact) mass is 434 g/mol. The highest BCUT2D eigenvalue weighted by Gasteiger charge is 2.19. The van der Waals surface area contributed by atoms with Gasteiger partial charge in [0, 0.05) is 12.1 Å². The van der Waals surface area contributed by atoms with Crippen molar-refractivity contribution in [2.75, 3.05) is 5.75 Å².